The lowest BCUT2D eigenvalue weighted by molar-refractivity contribution is 0.287. The number of piperazine rings is 1. The second-order valence-corrected chi connectivity index (χ2v) is 5.47. The van der Waals surface area contributed by atoms with Gasteiger partial charge in [-0.2, -0.15) is 0 Å². The van der Waals surface area contributed by atoms with E-state index < -0.39 is 0 Å². The van der Waals surface area contributed by atoms with Gasteiger partial charge in [0, 0.05) is 25.2 Å². The van der Waals surface area contributed by atoms with Crippen LogP contribution < -0.4 is 10.6 Å². The number of hydrogen-bond donors (Lipinski definition) is 2. The van der Waals surface area contributed by atoms with Crippen LogP contribution >= 0.6 is 24.8 Å². The van der Waals surface area contributed by atoms with E-state index in [-0.39, 0.29) is 24.8 Å². The van der Waals surface area contributed by atoms with E-state index in [1.165, 1.54) is 12.8 Å². The monoisotopic (exact) mass is 270 g/mol. The summed E-state index contributed by atoms with van der Waals surface area (Å²) >= 11 is 0. The number of hydrogen-bond acceptors (Lipinski definition) is 2. The smallest absolute Gasteiger partial charge is 0.0195 e. The van der Waals surface area contributed by atoms with Crippen LogP contribution in [0.15, 0.2) is 0 Å². The highest BCUT2D eigenvalue weighted by Gasteiger charge is 2.20. The Labute approximate surface area is 113 Å². The first-order valence-electron chi connectivity index (χ1n) is 6.04. The van der Waals surface area contributed by atoms with E-state index in [2.05, 4.69) is 38.3 Å². The molecule has 1 aliphatic rings. The molecule has 0 spiro atoms. The van der Waals surface area contributed by atoms with Gasteiger partial charge in [0.15, 0.2) is 0 Å². The van der Waals surface area contributed by atoms with Gasteiger partial charge in [0.2, 0.25) is 0 Å². The zero-order chi connectivity index (χ0) is 10.6. The Morgan fingerprint density at radius 3 is 1.31 bits per heavy atom. The van der Waals surface area contributed by atoms with Crippen molar-refractivity contribution in [3.8, 4) is 0 Å². The Kier molecular flexibility index (Phi) is 11.2. The molecule has 4 heteroatoms. The summed E-state index contributed by atoms with van der Waals surface area (Å²) in [5.74, 6) is 1.60. The van der Waals surface area contributed by atoms with Crippen molar-refractivity contribution in [2.75, 3.05) is 13.1 Å². The summed E-state index contributed by atoms with van der Waals surface area (Å²) in [7, 11) is 0. The van der Waals surface area contributed by atoms with Crippen LogP contribution in [0, 0.1) is 11.8 Å². The molecule has 0 radical (unpaired) electrons. The van der Waals surface area contributed by atoms with E-state index in [0.29, 0.717) is 12.1 Å². The lowest BCUT2D eigenvalue weighted by Gasteiger charge is -2.33. The standard InChI is InChI=1S/C12H26N2.2ClH/c1-9(2)5-11-7-14-12(8-13-11)6-10(3)4;;/h9-14H,5-8H2,1-4H3;2*1H/t11-,12-;;/m0../s1. The molecule has 1 fully saturated rings. The van der Waals surface area contributed by atoms with E-state index in [1.807, 2.05) is 0 Å². The maximum Gasteiger partial charge on any atom is 0.0195 e. The van der Waals surface area contributed by atoms with Gasteiger partial charge in [0.1, 0.15) is 0 Å². The summed E-state index contributed by atoms with van der Waals surface area (Å²) in [5, 5.41) is 7.29. The molecule has 0 unspecified atom stereocenters. The fourth-order valence-corrected chi connectivity index (χ4v) is 2.23. The topological polar surface area (TPSA) is 24.1 Å². The highest BCUT2D eigenvalue weighted by atomic mass is 35.5. The predicted molar refractivity (Wildman–Crippen MR) is 77.0 cm³/mol. The van der Waals surface area contributed by atoms with Gasteiger partial charge >= 0.3 is 0 Å². The summed E-state index contributed by atoms with van der Waals surface area (Å²) in [5.41, 5.74) is 0. The molecule has 0 saturated carbocycles. The van der Waals surface area contributed by atoms with E-state index in [4.69, 9.17) is 0 Å². The van der Waals surface area contributed by atoms with E-state index in [9.17, 15) is 0 Å². The molecule has 1 aliphatic heterocycles. The Morgan fingerprint density at radius 2 is 1.12 bits per heavy atom. The van der Waals surface area contributed by atoms with Crippen LogP contribution in [0.5, 0.6) is 0 Å². The summed E-state index contributed by atoms with van der Waals surface area (Å²) < 4.78 is 0. The third-order valence-electron chi connectivity index (χ3n) is 2.82. The van der Waals surface area contributed by atoms with Gasteiger partial charge in [0.25, 0.3) is 0 Å². The summed E-state index contributed by atoms with van der Waals surface area (Å²) in [6, 6.07) is 1.39. The van der Waals surface area contributed by atoms with Gasteiger partial charge in [-0.15, -0.1) is 24.8 Å². The molecule has 1 rings (SSSR count). The van der Waals surface area contributed by atoms with Crippen LogP contribution in [0.1, 0.15) is 40.5 Å². The minimum absolute atomic E-state index is 0. The Hall–Kier alpha value is 0.500. The Balaban J connectivity index is 0. The summed E-state index contributed by atoms with van der Waals surface area (Å²) in [4.78, 5) is 0. The van der Waals surface area contributed by atoms with Crippen molar-refractivity contribution in [2.24, 2.45) is 11.8 Å². The zero-order valence-corrected chi connectivity index (χ0v) is 12.6. The minimum Gasteiger partial charge on any atom is -0.311 e. The van der Waals surface area contributed by atoms with Crippen LogP contribution in [-0.2, 0) is 0 Å². The second kappa shape index (κ2) is 9.52. The molecule has 2 atom stereocenters. The Morgan fingerprint density at radius 1 is 0.812 bits per heavy atom. The molecule has 0 aromatic carbocycles. The number of nitrogens with one attached hydrogen (secondary N) is 2. The van der Waals surface area contributed by atoms with Crippen molar-refractivity contribution in [1.82, 2.24) is 10.6 Å². The SMILES string of the molecule is CC(C)C[C@H]1CN[C@@H](CC(C)C)CN1.Cl.Cl. The quantitative estimate of drug-likeness (QED) is 0.821. The predicted octanol–water partition coefficient (Wildman–Crippen LogP) is 2.85. The maximum absolute atomic E-state index is 3.64. The molecular formula is C12H28Cl2N2. The molecule has 1 saturated heterocycles. The third kappa shape index (κ3) is 7.72. The molecule has 0 amide bonds. The van der Waals surface area contributed by atoms with Crippen molar-refractivity contribution in [3.63, 3.8) is 0 Å². The van der Waals surface area contributed by atoms with Gasteiger partial charge in [-0.05, 0) is 24.7 Å². The maximum atomic E-state index is 3.64. The zero-order valence-electron chi connectivity index (χ0n) is 11.0. The molecule has 100 valence electrons. The molecule has 16 heavy (non-hydrogen) atoms. The van der Waals surface area contributed by atoms with Gasteiger partial charge in [-0.25, -0.2) is 0 Å². The lowest BCUT2D eigenvalue weighted by Crippen LogP contribution is -2.54. The van der Waals surface area contributed by atoms with Gasteiger partial charge in [-0.1, -0.05) is 27.7 Å². The van der Waals surface area contributed by atoms with Crippen molar-refractivity contribution < 1.29 is 0 Å². The number of halogens is 2. The molecule has 0 aliphatic carbocycles. The van der Waals surface area contributed by atoms with Crippen LogP contribution in [0.2, 0.25) is 0 Å². The van der Waals surface area contributed by atoms with E-state index in [1.54, 1.807) is 0 Å². The largest absolute Gasteiger partial charge is 0.311 e. The average Bonchev–Trinajstić information content (AvgIpc) is 2.06. The highest BCUT2D eigenvalue weighted by Crippen LogP contribution is 2.10. The molecule has 2 nitrogen and oxygen atoms in total. The average molecular weight is 271 g/mol. The van der Waals surface area contributed by atoms with Crippen LogP contribution in [0.25, 0.3) is 0 Å². The fourth-order valence-electron chi connectivity index (χ4n) is 2.23. The molecule has 0 aromatic heterocycles. The van der Waals surface area contributed by atoms with Gasteiger partial charge < -0.3 is 10.6 Å². The first-order valence-corrected chi connectivity index (χ1v) is 6.04. The third-order valence-corrected chi connectivity index (χ3v) is 2.82. The molecule has 1 heterocycles. The van der Waals surface area contributed by atoms with Crippen molar-refractivity contribution >= 4 is 24.8 Å². The minimum atomic E-state index is 0. The van der Waals surface area contributed by atoms with Crippen molar-refractivity contribution in [2.45, 2.75) is 52.6 Å². The molecule has 2 N–H and O–H groups in total. The number of rotatable bonds is 4. The normalized spacial score (nSPS) is 25.1. The summed E-state index contributed by atoms with van der Waals surface area (Å²) in [6.45, 7) is 11.5. The van der Waals surface area contributed by atoms with Crippen molar-refractivity contribution in [1.29, 1.82) is 0 Å². The highest BCUT2D eigenvalue weighted by molar-refractivity contribution is 5.85. The first-order chi connectivity index (χ1) is 6.58. The first kappa shape index (κ1) is 18.9. The van der Waals surface area contributed by atoms with Crippen LogP contribution in [-0.4, -0.2) is 25.2 Å². The Bertz CT molecular complexity index is 137. The van der Waals surface area contributed by atoms with Crippen LogP contribution in [0.4, 0.5) is 0 Å². The fraction of sp³-hybridized carbons (Fsp3) is 1.00. The van der Waals surface area contributed by atoms with Crippen molar-refractivity contribution in [3.05, 3.63) is 0 Å². The van der Waals surface area contributed by atoms with Gasteiger partial charge in [0.05, 0.1) is 0 Å². The second-order valence-electron chi connectivity index (χ2n) is 5.47. The molecule has 0 bridgehead atoms. The molecule has 0 aromatic rings. The summed E-state index contributed by atoms with van der Waals surface area (Å²) in [6.07, 6.45) is 2.59. The lowest BCUT2D eigenvalue weighted by atomic mass is 9.98. The van der Waals surface area contributed by atoms with E-state index >= 15 is 0 Å². The van der Waals surface area contributed by atoms with E-state index in [0.717, 1.165) is 24.9 Å². The molecular weight excluding hydrogens is 243 g/mol. The van der Waals surface area contributed by atoms with Crippen LogP contribution in [0.3, 0.4) is 0 Å². The van der Waals surface area contributed by atoms with Gasteiger partial charge in [-0.3, -0.25) is 0 Å².